The van der Waals surface area contributed by atoms with Crippen molar-refractivity contribution >= 4 is 22.5 Å². The maximum absolute atomic E-state index is 13.6. The Balaban J connectivity index is 1.62. The molecule has 4 N–H and O–H groups in total. The number of anilines is 2. The van der Waals surface area contributed by atoms with Gasteiger partial charge in [-0.05, 0) is 37.1 Å². The molecule has 3 atom stereocenters. The van der Waals surface area contributed by atoms with Gasteiger partial charge in [0, 0.05) is 18.6 Å². The summed E-state index contributed by atoms with van der Waals surface area (Å²) >= 11 is 0. The minimum absolute atomic E-state index is 0.0229. The van der Waals surface area contributed by atoms with Crippen LogP contribution in [0.2, 0.25) is 0 Å². The van der Waals surface area contributed by atoms with Crippen molar-refractivity contribution in [3.8, 4) is 11.4 Å². The zero-order chi connectivity index (χ0) is 23.3. The normalized spacial score (nSPS) is 18.4. The minimum Gasteiger partial charge on any atom is -0.396 e. The fourth-order valence-electron chi connectivity index (χ4n) is 4.18. The van der Waals surface area contributed by atoms with E-state index in [2.05, 4.69) is 30.7 Å². The average molecular weight is 448 g/mol. The molecular weight excluding hydrogens is 424 g/mol. The number of nitrogen functional groups attached to an aromatic ring is 1. The lowest BCUT2D eigenvalue weighted by Crippen LogP contribution is -2.29. The Morgan fingerprint density at radius 1 is 1.33 bits per heavy atom. The topological polar surface area (TPSA) is 163 Å². The number of hydrogen-bond acceptors (Lipinski definition) is 10. The number of hydrogen-bond donors (Lipinski definition) is 3. The first-order valence-corrected chi connectivity index (χ1v) is 10.6. The number of benzene rings is 1. The third-order valence-corrected chi connectivity index (χ3v) is 5.97. The van der Waals surface area contributed by atoms with Crippen LogP contribution in [0.5, 0.6) is 0 Å². The van der Waals surface area contributed by atoms with Gasteiger partial charge in [-0.15, -0.1) is 10.2 Å². The second-order valence-electron chi connectivity index (χ2n) is 8.31. The van der Waals surface area contributed by atoms with E-state index in [0.29, 0.717) is 28.1 Å². The molecule has 3 aromatic heterocycles. The van der Waals surface area contributed by atoms with Crippen molar-refractivity contribution in [3.63, 3.8) is 0 Å². The zero-order valence-corrected chi connectivity index (χ0v) is 18.5. The van der Waals surface area contributed by atoms with Crippen LogP contribution in [0.25, 0.3) is 22.3 Å². The van der Waals surface area contributed by atoms with Gasteiger partial charge in [-0.1, -0.05) is 12.1 Å². The SMILES string of the molecule is Cc1cccc2nc([C@H](C)Nc3ncnc(N)c3-c3nnn(C)n3)n(C3CC3CO)c(=O)c12. The molecule has 170 valence electrons. The maximum atomic E-state index is 13.6. The highest BCUT2D eigenvalue weighted by molar-refractivity contribution is 5.81. The summed E-state index contributed by atoms with van der Waals surface area (Å²) in [4.78, 5) is 28.1. The van der Waals surface area contributed by atoms with Gasteiger partial charge in [-0.2, -0.15) is 4.80 Å². The molecule has 1 saturated carbocycles. The molecule has 3 heterocycles. The largest absolute Gasteiger partial charge is 0.396 e. The van der Waals surface area contributed by atoms with Gasteiger partial charge in [0.25, 0.3) is 5.56 Å². The lowest BCUT2D eigenvalue weighted by molar-refractivity contribution is 0.267. The molecule has 12 heteroatoms. The number of fused-ring (bicyclic) bond motifs is 1. The summed E-state index contributed by atoms with van der Waals surface area (Å²) in [5.74, 6) is 1.48. The van der Waals surface area contributed by atoms with E-state index < -0.39 is 6.04 Å². The molecule has 1 aromatic carbocycles. The lowest BCUT2D eigenvalue weighted by atomic mass is 10.1. The van der Waals surface area contributed by atoms with Crippen LogP contribution in [0.4, 0.5) is 11.6 Å². The van der Waals surface area contributed by atoms with Crippen LogP contribution in [-0.2, 0) is 7.05 Å². The summed E-state index contributed by atoms with van der Waals surface area (Å²) in [6, 6.07) is 5.09. The molecule has 4 aromatic rings. The molecule has 33 heavy (non-hydrogen) atoms. The second-order valence-corrected chi connectivity index (χ2v) is 8.31. The van der Waals surface area contributed by atoms with Crippen LogP contribution in [0.15, 0.2) is 29.3 Å². The van der Waals surface area contributed by atoms with Gasteiger partial charge in [-0.25, -0.2) is 15.0 Å². The maximum Gasteiger partial charge on any atom is 0.261 e. The van der Waals surface area contributed by atoms with Crippen molar-refractivity contribution in [2.24, 2.45) is 13.0 Å². The number of nitrogens with zero attached hydrogens (tertiary/aromatic N) is 8. The standard InChI is InChI=1S/C21H24N10O2/c1-10-5-4-6-13-15(10)21(33)31(14-7-12(14)8-32)20(26-13)11(2)25-18-16(17(22)23-9-24-18)19-27-29-30(3)28-19/h4-6,9,11-12,14,32H,7-8H2,1-3H3,(H3,22,23,24,25)/t11-,12?,14?/m0/s1. The number of nitrogens with one attached hydrogen (secondary N) is 1. The van der Waals surface area contributed by atoms with Gasteiger partial charge in [0.15, 0.2) is 0 Å². The molecule has 1 aliphatic rings. The fraction of sp³-hybridized carbons (Fsp3) is 0.381. The molecule has 5 rings (SSSR count). The Bertz CT molecular complexity index is 1410. The summed E-state index contributed by atoms with van der Waals surface area (Å²) in [5.41, 5.74) is 7.91. The first kappa shape index (κ1) is 20.9. The van der Waals surface area contributed by atoms with Crippen molar-refractivity contribution in [1.82, 2.24) is 39.7 Å². The van der Waals surface area contributed by atoms with E-state index in [1.165, 1.54) is 11.1 Å². The first-order chi connectivity index (χ1) is 15.9. The number of nitrogens with two attached hydrogens (primary N) is 1. The number of aromatic nitrogens is 8. The van der Waals surface area contributed by atoms with Crippen LogP contribution in [-0.4, -0.2) is 51.4 Å². The van der Waals surface area contributed by atoms with Crippen LogP contribution in [0.1, 0.15) is 36.8 Å². The smallest absolute Gasteiger partial charge is 0.261 e. The molecular formula is C21H24N10O2. The quantitative estimate of drug-likeness (QED) is 0.388. The van der Waals surface area contributed by atoms with E-state index >= 15 is 0 Å². The molecule has 0 aliphatic heterocycles. The number of aliphatic hydroxyl groups excluding tert-OH is 1. The van der Waals surface area contributed by atoms with Gasteiger partial charge in [0.05, 0.1) is 24.0 Å². The Hall–Kier alpha value is -3.93. The molecule has 1 fully saturated rings. The number of aliphatic hydroxyl groups is 1. The predicted octanol–water partition coefficient (Wildman–Crippen LogP) is 0.994. The van der Waals surface area contributed by atoms with Gasteiger partial charge in [0.1, 0.15) is 29.4 Å². The van der Waals surface area contributed by atoms with E-state index in [1.54, 1.807) is 11.6 Å². The monoisotopic (exact) mass is 448 g/mol. The van der Waals surface area contributed by atoms with E-state index in [4.69, 9.17) is 10.7 Å². The predicted molar refractivity (Wildman–Crippen MR) is 121 cm³/mol. The highest BCUT2D eigenvalue weighted by atomic mass is 16.3. The summed E-state index contributed by atoms with van der Waals surface area (Å²) in [7, 11) is 1.65. The number of tetrazole rings is 1. The van der Waals surface area contributed by atoms with Gasteiger partial charge >= 0.3 is 0 Å². The molecule has 0 radical (unpaired) electrons. The van der Waals surface area contributed by atoms with Crippen LogP contribution >= 0.6 is 0 Å². The van der Waals surface area contributed by atoms with Crippen molar-refractivity contribution in [3.05, 3.63) is 46.3 Å². The van der Waals surface area contributed by atoms with Gasteiger partial charge < -0.3 is 16.2 Å². The second kappa shape index (κ2) is 7.89. The van der Waals surface area contributed by atoms with Crippen LogP contribution in [0, 0.1) is 12.8 Å². The average Bonchev–Trinajstić information content (AvgIpc) is 3.44. The Kier molecular flexibility index (Phi) is 5.01. The molecule has 0 bridgehead atoms. The Morgan fingerprint density at radius 3 is 2.85 bits per heavy atom. The van der Waals surface area contributed by atoms with Crippen molar-refractivity contribution in [1.29, 1.82) is 0 Å². The lowest BCUT2D eigenvalue weighted by Gasteiger charge is -2.21. The van der Waals surface area contributed by atoms with E-state index in [1.807, 2.05) is 32.0 Å². The van der Waals surface area contributed by atoms with Gasteiger partial charge in [0.2, 0.25) is 5.82 Å². The Labute approximate surface area is 188 Å². The van der Waals surface area contributed by atoms with Crippen LogP contribution < -0.4 is 16.6 Å². The molecule has 0 amide bonds. The molecule has 0 spiro atoms. The molecule has 12 nitrogen and oxygen atoms in total. The summed E-state index contributed by atoms with van der Waals surface area (Å²) < 4.78 is 1.71. The summed E-state index contributed by atoms with van der Waals surface area (Å²) in [6.45, 7) is 3.81. The van der Waals surface area contributed by atoms with Crippen molar-refractivity contribution in [2.75, 3.05) is 17.7 Å². The van der Waals surface area contributed by atoms with E-state index in [-0.39, 0.29) is 35.8 Å². The van der Waals surface area contributed by atoms with Crippen molar-refractivity contribution < 1.29 is 5.11 Å². The van der Waals surface area contributed by atoms with E-state index in [9.17, 15) is 9.90 Å². The fourth-order valence-corrected chi connectivity index (χ4v) is 4.18. The molecule has 2 unspecified atom stereocenters. The Morgan fingerprint density at radius 2 is 2.15 bits per heavy atom. The third-order valence-electron chi connectivity index (χ3n) is 5.97. The minimum atomic E-state index is -0.424. The highest BCUT2D eigenvalue weighted by Gasteiger charge is 2.41. The van der Waals surface area contributed by atoms with E-state index in [0.717, 1.165) is 12.0 Å². The summed E-state index contributed by atoms with van der Waals surface area (Å²) in [6.07, 6.45) is 2.07. The highest BCUT2D eigenvalue weighted by Crippen LogP contribution is 2.43. The number of rotatable bonds is 6. The third kappa shape index (κ3) is 3.57. The number of aryl methyl sites for hydroxylation is 2. The molecule has 0 saturated heterocycles. The first-order valence-electron chi connectivity index (χ1n) is 10.6. The van der Waals surface area contributed by atoms with Crippen LogP contribution in [0.3, 0.4) is 0 Å². The van der Waals surface area contributed by atoms with Gasteiger partial charge in [-0.3, -0.25) is 9.36 Å². The summed E-state index contributed by atoms with van der Waals surface area (Å²) in [5, 5.41) is 25.7. The van der Waals surface area contributed by atoms with Crippen molar-refractivity contribution in [2.45, 2.75) is 32.4 Å². The molecule has 1 aliphatic carbocycles. The zero-order valence-electron chi connectivity index (χ0n) is 18.5.